The molecule has 0 aliphatic heterocycles. The molecule has 1 saturated carbocycles. The molecular weight excluding hydrogens is 272 g/mol. The molecule has 2 aliphatic carbocycles. The maximum absolute atomic E-state index is 12.7. The van der Waals surface area contributed by atoms with E-state index >= 15 is 0 Å². The van der Waals surface area contributed by atoms with E-state index in [2.05, 4.69) is 33.8 Å². The van der Waals surface area contributed by atoms with E-state index in [1.165, 1.54) is 30.4 Å². The van der Waals surface area contributed by atoms with Crippen LogP contribution in [0, 0.1) is 22.7 Å². The molecule has 0 N–H and O–H groups in total. The van der Waals surface area contributed by atoms with Crippen molar-refractivity contribution in [1.82, 2.24) is 0 Å². The summed E-state index contributed by atoms with van der Waals surface area (Å²) in [6, 6.07) is 2.05. The Labute approximate surface area is 134 Å². The van der Waals surface area contributed by atoms with Crippen LogP contribution in [0.4, 0.5) is 0 Å². The molecule has 0 unspecified atom stereocenters. The Morgan fingerprint density at radius 1 is 1.27 bits per heavy atom. The minimum atomic E-state index is 0.113. The number of rotatable bonds is 3. The molecule has 1 fully saturated rings. The van der Waals surface area contributed by atoms with E-state index in [0.717, 1.165) is 12.8 Å². The third kappa shape index (κ3) is 2.47. The lowest BCUT2D eigenvalue weighted by Crippen LogP contribution is -2.52. The number of hydrogen-bond acceptors (Lipinski definition) is 2. The van der Waals surface area contributed by atoms with Gasteiger partial charge in [0, 0.05) is 5.92 Å². The molecule has 1 aromatic heterocycles. The number of ketones is 1. The molecule has 22 heavy (non-hydrogen) atoms. The average Bonchev–Trinajstić information content (AvgIpc) is 2.89. The lowest BCUT2D eigenvalue weighted by molar-refractivity contribution is -0.136. The average molecular weight is 300 g/mol. The highest BCUT2D eigenvalue weighted by atomic mass is 16.3. The minimum Gasteiger partial charge on any atom is -0.472 e. The Bertz CT molecular complexity index is 579. The van der Waals surface area contributed by atoms with Gasteiger partial charge in [-0.05, 0) is 67.1 Å². The van der Waals surface area contributed by atoms with Crippen molar-refractivity contribution >= 4 is 5.78 Å². The number of furan rings is 1. The highest BCUT2D eigenvalue weighted by molar-refractivity contribution is 5.94. The van der Waals surface area contributed by atoms with E-state index in [0.29, 0.717) is 11.7 Å². The Morgan fingerprint density at radius 3 is 2.73 bits per heavy atom. The number of fused-ring (bicyclic) bond motifs is 1. The van der Waals surface area contributed by atoms with Crippen molar-refractivity contribution in [1.29, 1.82) is 0 Å². The van der Waals surface area contributed by atoms with E-state index in [1.54, 1.807) is 6.26 Å². The van der Waals surface area contributed by atoms with Gasteiger partial charge in [0.2, 0.25) is 0 Å². The molecule has 1 heterocycles. The molecule has 120 valence electrons. The number of carbonyl (C=O) groups excluding carboxylic acids is 1. The summed E-state index contributed by atoms with van der Waals surface area (Å²) in [7, 11) is 0. The van der Waals surface area contributed by atoms with Gasteiger partial charge in [-0.3, -0.25) is 4.79 Å². The second-order valence-corrected chi connectivity index (χ2v) is 8.29. The van der Waals surface area contributed by atoms with E-state index < -0.39 is 0 Å². The highest BCUT2D eigenvalue weighted by Gasteiger charge is 2.55. The van der Waals surface area contributed by atoms with Crippen LogP contribution in [0.15, 0.2) is 34.7 Å². The van der Waals surface area contributed by atoms with Gasteiger partial charge in [0.1, 0.15) is 0 Å². The monoisotopic (exact) mass is 300 g/mol. The van der Waals surface area contributed by atoms with Crippen LogP contribution in [0.2, 0.25) is 0 Å². The van der Waals surface area contributed by atoms with Crippen LogP contribution in [-0.2, 0) is 11.2 Å². The number of carbonyl (C=O) groups is 1. The van der Waals surface area contributed by atoms with Gasteiger partial charge >= 0.3 is 0 Å². The SMILES string of the molecule is CC1=CC(=O)[C@H]2C(C)(C)CCC[C@]2(C)[C@H]1CCc1ccoc1. The van der Waals surface area contributed by atoms with Gasteiger partial charge in [0.15, 0.2) is 5.78 Å². The fraction of sp³-hybridized carbons (Fsp3) is 0.650. The fourth-order valence-electron chi connectivity index (χ4n) is 5.42. The van der Waals surface area contributed by atoms with Crippen molar-refractivity contribution in [3.05, 3.63) is 35.8 Å². The van der Waals surface area contributed by atoms with Crippen molar-refractivity contribution in [3.8, 4) is 0 Å². The number of allylic oxidation sites excluding steroid dienone is 2. The molecule has 3 atom stereocenters. The fourth-order valence-corrected chi connectivity index (χ4v) is 5.42. The summed E-state index contributed by atoms with van der Waals surface area (Å²) in [6.45, 7) is 9.09. The van der Waals surface area contributed by atoms with Crippen LogP contribution in [0.3, 0.4) is 0 Å². The minimum absolute atomic E-state index is 0.113. The zero-order valence-corrected chi connectivity index (χ0v) is 14.3. The maximum Gasteiger partial charge on any atom is 0.159 e. The smallest absolute Gasteiger partial charge is 0.159 e. The number of aryl methyl sites for hydroxylation is 1. The Morgan fingerprint density at radius 2 is 2.05 bits per heavy atom. The van der Waals surface area contributed by atoms with Crippen molar-refractivity contribution < 1.29 is 9.21 Å². The normalized spacial score (nSPS) is 34.2. The van der Waals surface area contributed by atoms with E-state index in [-0.39, 0.29) is 16.7 Å². The van der Waals surface area contributed by atoms with Crippen molar-refractivity contribution in [3.63, 3.8) is 0 Å². The first-order valence-corrected chi connectivity index (χ1v) is 8.58. The molecule has 0 saturated heterocycles. The van der Waals surface area contributed by atoms with Gasteiger partial charge in [0.25, 0.3) is 0 Å². The van der Waals surface area contributed by atoms with Gasteiger partial charge in [-0.25, -0.2) is 0 Å². The van der Waals surface area contributed by atoms with Crippen LogP contribution >= 0.6 is 0 Å². The third-order valence-corrected chi connectivity index (χ3v) is 6.28. The molecule has 0 amide bonds. The molecule has 0 aromatic carbocycles. The summed E-state index contributed by atoms with van der Waals surface area (Å²) in [5.74, 6) is 1.04. The lowest BCUT2D eigenvalue weighted by atomic mass is 9.48. The van der Waals surface area contributed by atoms with Crippen LogP contribution in [-0.4, -0.2) is 5.78 Å². The van der Waals surface area contributed by atoms with Crippen LogP contribution in [0.5, 0.6) is 0 Å². The van der Waals surface area contributed by atoms with Crippen molar-refractivity contribution in [2.45, 2.75) is 59.8 Å². The molecule has 1 aromatic rings. The first-order chi connectivity index (χ1) is 10.3. The van der Waals surface area contributed by atoms with Crippen LogP contribution in [0.1, 0.15) is 58.9 Å². The van der Waals surface area contributed by atoms with Gasteiger partial charge < -0.3 is 4.42 Å². The zero-order valence-electron chi connectivity index (χ0n) is 14.3. The second-order valence-electron chi connectivity index (χ2n) is 8.29. The Hall–Kier alpha value is -1.31. The first-order valence-electron chi connectivity index (χ1n) is 8.58. The Kier molecular flexibility index (Phi) is 3.82. The number of hydrogen-bond donors (Lipinski definition) is 0. The predicted molar refractivity (Wildman–Crippen MR) is 88.5 cm³/mol. The summed E-state index contributed by atoms with van der Waals surface area (Å²) in [6.07, 6.45) is 11.3. The highest BCUT2D eigenvalue weighted by Crippen LogP contribution is 2.59. The molecule has 2 heteroatoms. The van der Waals surface area contributed by atoms with Gasteiger partial charge in [-0.2, -0.15) is 0 Å². The molecule has 0 bridgehead atoms. The topological polar surface area (TPSA) is 30.2 Å². The summed E-state index contributed by atoms with van der Waals surface area (Å²) >= 11 is 0. The van der Waals surface area contributed by atoms with E-state index in [9.17, 15) is 4.79 Å². The predicted octanol–water partition coefficient (Wildman–Crippen LogP) is 5.19. The van der Waals surface area contributed by atoms with E-state index in [1.807, 2.05) is 12.3 Å². The van der Waals surface area contributed by atoms with Crippen LogP contribution in [0.25, 0.3) is 0 Å². The van der Waals surface area contributed by atoms with Crippen molar-refractivity contribution in [2.24, 2.45) is 22.7 Å². The maximum atomic E-state index is 12.7. The first kappa shape index (κ1) is 15.6. The van der Waals surface area contributed by atoms with Crippen molar-refractivity contribution in [2.75, 3.05) is 0 Å². The molecule has 2 aliphatic rings. The summed E-state index contributed by atoms with van der Waals surface area (Å²) in [5.41, 5.74) is 2.78. The summed E-state index contributed by atoms with van der Waals surface area (Å²) < 4.78 is 5.19. The summed E-state index contributed by atoms with van der Waals surface area (Å²) in [5, 5.41) is 0. The zero-order chi connectivity index (χ0) is 16.0. The molecule has 0 spiro atoms. The molecule has 0 radical (unpaired) electrons. The largest absolute Gasteiger partial charge is 0.472 e. The van der Waals surface area contributed by atoms with Crippen LogP contribution < -0.4 is 0 Å². The quantitative estimate of drug-likeness (QED) is 0.769. The van der Waals surface area contributed by atoms with Gasteiger partial charge in [-0.1, -0.05) is 32.8 Å². The molecule has 3 rings (SSSR count). The third-order valence-electron chi connectivity index (χ3n) is 6.28. The Balaban J connectivity index is 1.90. The lowest BCUT2D eigenvalue weighted by Gasteiger charge is -2.55. The van der Waals surface area contributed by atoms with Gasteiger partial charge in [0.05, 0.1) is 12.5 Å². The summed E-state index contributed by atoms with van der Waals surface area (Å²) in [4.78, 5) is 12.7. The van der Waals surface area contributed by atoms with E-state index in [4.69, 9.17) is 4.42 Å². The van der Waals surface area contributed by atoms with Gasteiger partial charge in [-0.15, -0.1) is 0 Å². The molecule has 2 nitrogen and oxygen atoms in total. The standard InChI is InChI=1S/C20H28O2/c1-14-12-17(21)18-19(2,3)9-5-10-20(18,4)16(14)7-6-15-8-11-22-13-15/h8,11-13,16,18H,5-7,9-10H2,1-4H3/t16-,18-,20+/m0/s1. The second kappa shape index (κ2) is 5.40. The molecular formula is C20H28O2.